The summed E-state index contributed by atoms with van der Waals surface area (Å²) in [7, 11) is 3.01. The second-order valence-electron chi connectivity index (χ2n) is 5.48. The Kier molecular flexibility index (Phi) is 4.19. The van der Waals surface area contributed by atoms with Crippen molar-refractivity contribution in [1.82, 2.24) is 14.9 Å². The van der Waals surface area contributed by atoms with Crippen molar-refractivity contribution in [1.29, 1.82) is 0 Å². The van der Waals surface area contributed by atoms with Gasteiger partial charge >= 0.3 is 6.18 Å². The molecule has 1 aromatic carbocycles. The second kappa shape index (κ2) is 6.07. The molecular weight excluding hydrogens is 359 g/mol. The molecule has 25 heavy (non-hydrogen) atoms. The summed E-state index contributed by atoms with van der Waals surface area (Å²) >= 11 is 6.16. The zero-order valence-electron chi connectivity index (χ0n) is 13.2. The van der Waals surface area contributed by atoms with E-state index in [9.17, 15) is 18.0 Å². The minimum absolute atomic E-state index is 0.0446. The smallest absolute Gasteiger partial charge is 0.372 e. The van der Waals surface area contributed by atoms with Crippen LogP contribution >= 0.6 is 11.6 Å². The molecule has 0 saturated heterocycles. The number of amides is 1. The SMILES string of the molecule is CNc1nc(Nc2cc3c(cc2Cl)C(=O)N(C)C3)ncc1C(F)(F)F. The Morgan fingerprint density at radius 1 is 1.32 bits per heavy atom. The normalized spacial score (nSPS) is 13.8. The molecule has 0 unspecified atom stereocenters. The van der Waals surface area contributed by atoms with Crippen LogP contribution in [-0.4, -0.2) is 34.9 Å². The third-order valence-corrected chi connectivity index (χ3v) is 4.07. The van der Waals surface area contributed by atoms with E-state index < -0.39 is 11.7 Å². The van der Waals surface area contributed by atoms with Crippen molar-refractivity contribution >= 4 is 35.0 Å². The average molecular weight is 372 g/mol. The molecule has 1 amide bonds. The maximum absolute atomic E-state index is 12.9. The van der Waals surface area contributed by atoms with Crippen LogP contribution in [0.2, 0.25) is 5.02 Å². The van der Waals surface area contributed by atoms with Crippen molar-refractivity contribution < 1.29 is 18.0 Å². The number of rotatable bonds is 3. The molecule has 0 bridgehead atoms. The Morgan fingerprint density at radius 3 is 2.68 bits per heavy atom. The fourth-order valence-electron chi connectivity index (χ4n) is 2.54. The molecule has 0 aliphatic carbocycles. The first-order valence-electron chi connectivity index (χ1n) is 7.17. The minimum atomic E-state index is -4.56. The number of carbonyl (C=O) groups excluding carboxylic acids is 1. The van der Waals surface area contributed by atoms with Crippen LogP contribution in [-0.2, 0) is 12.7 Å². The monoisotopic (exact) mass is 371 g/mol. The lowest BCUT2D eigenvalue weighted by atomic mass is 10.1. The van der Waals surface area contributed by atoms with Crippen LogP contribution in [0.5, 0.6) is 0 Å². The summed E-state index contributed by atoms with van der Waals surface area (Å²) < 4.78 is 38.7. The summed E-state index contributed by atoms with van der Waals surface area (Å²) in [5.74, 6) is -0.527. The molecule has 1 aliphatic heterocycles. The summed E-state index contributed by atoms with van der Waals surface area (Å²) in [4.78, 5) is 21.0. The molecule has 3 rings (SSSR count). The number of benzene rings is 1. The molecule has 2 heterocycles. The van der Waals surface area contributed by atoms with E-state index in [0.29, 0.717) is 24.0 Å². The molecule has 10 heteroatoms. The number of aromatic nitrogens is 2. The number of fused-ring (bicyclic) bond motifs is 1. The van der Waals surface area contributed by atoms with Crippen LogP contribution in [0.3, 0.4) is 0 Å². The van der Waals surface area contributed by atoms with Gasteiger partial charge in [0.15, 0.2) is 0 Å². The molecule has 0 fully saturated rings. The first-order chi connectivity index (χ1) is 11.7. The second-order valence-corrected chi connectivity index (χ2v) is 5.89. The molecule has 6 nitrogen and oxygen atoms in total. The van der Waals surface area contributed by atoms with Gasteiger partial charge in [-0.2, -0.15) is 18.2 Å². The van der Waals surface area contributed by atoms with Gasteiger partial charge in [0.25, 0.3) is 5.91 Å². The van der Waals surface area contributed by atoms with Crippen molar-refractivity contribution in [3.8, 4) is 0 Å². The van der Waals surface area contributed by atoms with Gasteiger partial charge < -0.3 is 15.5 Å². The third kappa shape index (κ3) is 3.19. The van der Waals surface area contributed by atoms with Crippen molar-refractivity contribution in [2.75, 3.05) is 24.7 Å². The highest BCUT2D eigenvalue weighted by Gasteiger charge is 2.35. The Labute approximate surface area is 146 Å². The van der Waals surface area contributed by atoms with Gasteiger partial charge in [-0.05, 0) is 17.7 Å². The fourth-order valence-corrected chi connectivity index (χ4v) is 2.75. The number of halogens is 4. The van der Waals surface area contributed by atoms with Crippen LogP contribution in [0, 0.1) is 0 Å². The van der Waals surface area contributed by atoms with Crippen LogP contribution < -0.4 is 10.6 Å². The lowest BCUT2D eigenvalue weighted by Crippen LogP contribution is -2.17. The van der Waals surface area contributed by atoms with E-state index in [-0.39, 0.29) is 22.7 Å². The molecule has 2 N–H and O–H groups in total. The summed E-state index contributed by atoms with van der Waals surface area (Å²) in [5, 5.41) is 5.44. The minimum Gasteiger partial charge on any atom is -0.372 e. The summed E-state index contributed by atoms with van der Waals surface area (Å²) in [6.45, 7) is 0.426. The van der Waals surface area contributed by atoms with Crippen molar-refractivity contribution in [2.45, 2.75) is 12.7 Å². The maximum atomic E-state index is 12.9. The van der Waals surface area contributed by atoms with Crippen LogP contribution in [0.15, 0.2) is 18.3 Å². The highest BCUT2D eigenvalue weighted by atomic mass is 35.5. The first-order valence-corrected chi connectivity index (χ1v) is 7.55. The molecule has 2 aromatic rings. The van der Waals surface area contributed by atoms with E-state index >= 15 is 0 Å². The quantitative estimate of drug-likeness (QED) is 0.864. The molecule has 132 valence electrons. The van der Waals surface area contributed by atoms with Gasteiger partial charge in [-0.15, -0.1) is 0 Å². The van der Waals surface area contributed by atoms with E-state index in [2.05, 4.69) is 20.6 Å². The predicted octanol–water partition coefficient (Wildman–Crippen LogP) is 3.52. The largest absolute Gasteiger partial charge is 0.421 e. The van der Waals surface area contributed by atoms with Crippen molar-refractivity contribution in [3.63, 3.8) is 0 Å². The Hall–Kier alpha value is -2.55. The number of carbonyl (C=O) groups is 1. The zero-order valence-corrected chi connectivity index (χ0v) is 14.0. The average Bonchev–Trinajstić information content (AvgIpc) is 2.81. The number of nitrogens with one attached hydrogen (secondary N) is 2. The third-order valence-electron chi connectivity index (χ3n) is 3.75. The molecule has 1 aliphatic rings. The maximum Gasteiger partial charge on any atom is 0.421 e. The standard InChI is InChI=1S/C15H13ClF3N5O/c1-20-12-9(15(17,18)19)5-21-14(23-12)22-11-3-7-6-24(2)13(25)8(7)4-10(11)16/h3-5H,6H2,1-2H3,(H2,20,21,22,23). The van der Waals surface area contributed by atoms with Gasteiger partial charge in [0, 0.05) is 32.4 Å². The highest BCUT2D eigenvalue weighted by Crippen LogP contribution is 2.35. The van der Waals surface area contributed by atoms with Crippen molar-refractivity contribution in [2.24, 2.45) is 0 Å². The Morgan fingerprint density at radius 2 is 2.04 bits per heavy atom. The lowest BCUT2D eigenvalue weighted by Gasteiger charge is -2.13. The first kappa shape index (κ1) is 17.3. The van der Waals surface area contributed by atoms with E-state index in [0.717, 1.165) is 5.56 Å². The van der Waals surface area contributed by atoms with Gasteiger partial charge in [0.05, 0.1) is 10.7 Å². The van der Waals surface area contributed by atoms with Gasteiger partial charge in [-0.1, -0.05) is 11.6 Å². The van der Waals surface area contributed by atoms with E-state index in [1.807, 2.05) is 0 Å². The van der Waals surface area contributed by atoms with E-state index in [1.54, 1.807) is 18.0 Å². The topological polar surface area (TPSA) is 70.2 Å². The number of hydrogen-bond donors (Lipinski definition) is 2. The van der Waals surface area contributed by atoms with Gasteiger partial charge in [0.2, 0.25) is 5.95 Å². The van der Waals surface area contributed by atoms with Crippen molar-refractivity contribution in [3.05, 3.63) is 40.0 Å². The summed E-state index contributed by atoms with van der Waals surface area (Å²) in [6, 6.07) is 3.19. The molecule has 0 spiro atoms. The molecular formula is C15H13ClF3N5O. The number of alkyl halides is 3. The lowest BCUT2D eigenvalue weighted by molar-refractivity contribution is -0.137. The van der Waals surface area contributed by atoms with Gasteiger partial charge in [-0.25, -0.2) is 4.98 Å². The molecule has 0 radical (unpaired) electrons. The van der Waals surface area contributed by atoms with Gasteiger partial charge in [-0.3, -0.25) is 4.79 Å². The fraction of sp³-hybridized carbons (Fsp3) is 0.267. The van der Waals surface area contributed by atoms with Gasteiger partial charge in [0.1, 0.15) is 11.4 Å². The predicted molar refractivity (Wildman–Crippen MR) is 87.1 cm³/mol. The summed E-state index contributed by atoms with van der Waals surface area (Å²) in [6.07, 6.45) is -3.87. The number of hydrogen-bond acceptors (Lipinski definition) is 5. The Bertz CT molecular complexity index is 856. The number of nitrogens with zero attached hydrogens (tertiary/aromatic N) is 3. The molecule has 0 saturated carbocycles. The van der Waals surface area contributed by atoms with Crippen LogP contribution in [0.1, 0.15) is 21.5 Å². The van der Waals surface area contributed by atoms with Crippen LogP contribution in [0.4, 0.5) is 30.6 Å². The zero-order chi connectivity index (χ0) is 18.4. The molecule has 0 atom stereocenters. The summed E-state index contributed by atoms with van der Waals surface area (Å²) in [5.41, 5.74) is 0.709. The van der Waals surface area contributed by atoms with E-state index in [4.69, 9.17) is 11.6 Å². The van der Waals surface area contributed by atoms with Crippen LogP contribution in [0.25, 0.3) is 0 Å². The molecule has 1 aromatic heterocycles. The Balaban J connectivity index is 1.94. The highest BCUT2D eigenvalue weighted by molar-refractivity contribution is 6.33. The van der Waals surface area contributed by atoms with E-state index in [1.165, 1.54) is 13.1 Å². The number of anilines is 3.